The summed E-state index contributed by atoms with van der Waals surface area (Å²) in [5.74, 6) is -0.626. The van der Waals surface area contributed by atoms with E-state index in [1.807, 2.05) is 0 Å². The number of benzene rings is 3. The molecule has 29 heavy (non-hydrogen) atoms. The second kappa shape index (κ2) is 9.05. The van der Waals surface area contributed by atoms with Crippen LogP contribution in [0.3, 0.4) is 0 Å². The summed E-state index contributed by atoms with van der Waals surface area (Å²) in [7, 11) is -4.06. The third-order valence-corrected chi connectivity index (χ3v) is 6.69. The van der Waals surface area contributed by atoms with Crippen molar-refractivity contribution in [1.29, 1.82) is 0 Å². The predicted octanol–water partition coefficient (Wildman–Crippen LogP) is 5.48. The molecule has 0 radical (unpaired) electrons. The van der Waals surface area contributed by atoms with E-state index in [0.29, 0.717) is 0 Å². The number of hydrogen-bond acceptors (Lipinski definition) is 3. The van der Waals surface area contributed by atoms with Gasteiger partial charge < -0.3 is 5.32 Å². The van der Waals surface area contributed by atoms with E-state index in [9.17, 15) is 13.2 Å². The summed E-state index contributed by atoms with van der Waals surface area (Å²) in [6, 6.07) is 18.9. The molecular formula is C20H15Cl3N2O3S. The van der Waals surface area contributed by atoms with Gasteiger partial charge in [0, 0.05) is 0 Å². The molecular weight excluding hydrogens is 455 g/mol. The zero-order valence-electron chi connectivity index (χ0n) is 14.8. The number of carbonyl (C=O) groups is 1. The van der Waals surface area contributed by atoms with Crippen LogP contribution >= 0.6 is 34.8 Å². The Balaban J connectivity index is 1.98. The minimum atomic E-state index is -4.06. The molecule has 3 aromatic carbocycles. The van der Waals surface area contributed by atoms with E-state index in [1.165, 1.54) is 18.2 Å². The second-order valence-electron chi connectivity index (χ2n) is 5.92. The van der Waals surface area contributed by atoms with Gasteiger partial charge in [-0.05, 0) is 36.4 Å². The molecule has 3 rings (SSSR count). The lowest BCUT2D eigenvalue weighted by Gasteiger charge is -2.25. The number of sulfonamides is 1. The number of halogens is 3. The molecule has 150 valence electrons. The number of carbonyl (C=O) groups excluding carboxylic acids is 1. The Morgan fingerprint density at radius 3 is 1.97 bits per heavy atom. The number of rotatable bonds is 6. The fourth-order valence-corrected chi connectivity index (χ4v) is 4.84. The predicted molar refractivity (Wildman–Crippen MR) is 118 cm³/mol. The van der Waals surface area contributed by atoms with Gasteiger partial charge in [0.1, 0.15) is 6.54 Å². The van der Waals surface area contributed by atoms with Crippen LogP contribution in [-0.4, -0.2) is 20.9 Å². The zero-order valence-corrected chi connectivity index (χ0v) is 17.9. The molecule has 9 heteroatoms. The number of anilines is 2. The van der Waals surface area contributed by atoms with E-state index in [1.54, 1.807) is 54.6 Å². The maximum Gasteiger partial charge on any atom is 0.264 e. The smallest absolute Gasteiger partial charge is 0.264 e. The molecule has 0 aliphatic carbocycles. The molecule has 0 bridgehead atoms. The van der Waals surface area contributed by atoms with Crippen LogP contribution in [-0.2, 0) is 14.8 Å². The molecule has 0 atom stereocenters. The van der Waals surface area contributed by atoms with Gasteiger partial charge in [-0.15, -0.1) is 0 Å². The van der Waals surface area contributed by atoms with Crippen molar-refractivity contribution in [3.05, 3.63) is 87.9 Å². The van der Waals surface area contributed by atoms with Gasteiger partial charge in [0.15, 0.2) is 0 Å². The maximum atomic E-state index is 13.2. The highest BCUT2D eigenvalue weighted by molar-refractivity contribution is 7.92. The van der Waals surface area contributed by atoms with Gasteiger partial charge in [-0.3, -0.25) is 9.10 Å². The Hall–Kier alpha value is -2.25. The van der Waals surface area contributed by atoms with Crippen molar-refractivity contribution < 1.29 is 13.2 Å². The van der Waals surface area contributed by atoms with E-state index in [4.69, 9.17) is 34.8 Å². The average Bonchev–Trinajstić information content (AvgIpc) is 2.70. The molecule has 0 saturated carbocycles. The summed E-state index contributed by atoms with van der Waals surface area (Å²) in [6.45, 7) is -0.525. The lowest BCUT2D eigenvalue weighted by molar-refractivity contribution is -0.114. The maximum absolute atomic E-state index is 13.2. The van der Waals surface area contributed by atoms with Crippen molar-refractivity contribution in [3.63, 3.8) is 0 Å². The molecule has 0 aliphatic heterocycles. The van der Waals surface area contributed by atoms with Crippen LogP contribution in [0.2, 0.25) is 15.1 Å². The SMILES string of the molecule is O=C(CN(c1ccccc1Cl)S(=O)(=O)c1ccccc1)Nc1c(Cl)cccc1Cl. The quantitative estimate of drug-likeness (QED) is 0.520. The van der Waals surface area contributed by atoms with E-state index in [2.05, 4.69) is 5.32 Å². The van der Waals surface area contributed by atoms with E-state index < -0.39 is 22.5 Å². The average molecular weight is 470 g/mol. The molecule has 0 fully saturated rings. The Labute approximate surface area is 183 Å². The third kappa shape index (κ3) is 4.85. The first-order chi connectivity index (χ1) is 13.8. The van der Waals surface area contributed by atoms with Gasteiger partial charge in [0.2, 0.25) is 5.91 Å². The molecule has 3 aromatic rings. The highest BCUT2D eigenvalue weighted by atomic mass is 35.5. The first-order valence-electron chi connectivity index (χ1n) is 8.37. The number of para-hydroxylation sites is 2. The minimum absolute atomic E-state index is 0.0310. The normalized spacial score (nSPS) is 11.1. The topological polar surface area (TPSA) is 66.5 Å². The Bertz CT molecular complexity index is 1120. The summed E-state index contributed by atoms with van der Waals surface area (Å²) >= 11 is 18.4. The van der Waals surface area contributed by atoms with Gasteiger partial charge in [-0.2, -0.15) is 0 Å². The molecule has 5 nitrogen and oxygen atoms in total. The number of nitrogens with one attached hydrogen (secondary N) is 1. The molecule has 0 aromatic heterocycles. The summed E-state index contributed by atoms with van der Waals surface area (Å²) in [5.41, 5.74) is 0.385. The van der Waals surface area contributed by atoms with E-state index in [0.717, 1.165) is 4.31 Å². The van der Waals surface area contributed by atoms with Crippen LogP contribution in [0, 0.1) is 0 Å². The summed E-state index contributed by atoms with van der Waals surface area (Å²) in [5, 5.41) is 3.23. The van der Waals surface area contributed by atoms with Gasteiger partial charge in [-0.25, -0.2) is 8.42 Å². The summed E-state index contributed by atoms with van der Waals surface area (Å²) in [4.78, 5) is 12.7. The lowest BCUT2D eigenvalue weighted by Crippen LogP contribution is -2.38. The molecule has 0 unspecified atom stereocenters. The minimum Gasteiger partial charge on any atom is -0.322 e. The van der Waals surface area contributed by atoms with Crippen LogP contribution in [0.15, 0.2) is 77.7 Å². The van der Waals surface area contributed by atoms with Crippen LogP contribution in [0.25, 0.3) is 0 Å². The van der Waals surface area contributed by atoms with Crippen molar-refractivity contribution in [2.75, 3.05) is 16.2 Å². The number of nitrogens with zero attached hydrogens (tertiary/aromatic N) is 1. The molecule has 0 spiro atoms. The van der Waals surface area contributed by atoms with Crippen molar-refractivity contribution in [3.8, 4) is 0 Å². The van der Waals surface area contributed by atoms with Crippen LogP contribution in [0.5, 0.6) is 0 Å². The second-order valence-corrected chi connectivity index (χ2v) is 9.00. The molecule has 0 heterocycles. The summed E-state index contributed by atoms with van der Waals surface area (Å²) in [6.07, 6.45) is 0. The Morgan fingerprint density at radius 1 is 0.793 bits per heavy atom. The highest BCUT2D eigenvalue weighted by Gasteiger charge is 2.28. The highest BCUT2D eigenvalue weighted by Crippen LogP contribution is 2.32. The Morgan fingerprint density at radius 2 is 1.34 bits per heavy atom. The van der Waals surface area contributed by atoms with Gasteiger partial charge in [0.05, 0.1) is 31.3 Å². The third-order valence-electron chi connectivity index (χ3n) is 3.97. The number of amides is 1. The monoisotopic (exact) mass is 468 g/mol. The molecule has 1 N–H and O–H groups in total. The molecule has 0 saturated heterocycles. The lowest BCUT2D eigenvalue weighted by atomic mass is 10.3. The van der Waals surface area contributed by atoms with Crippen molar-refractivity contribution in [1.82, 2.24) is 0 Å². The van der Waals surface area contributed by atoms with E-state index in [-0.39, 0.29) is 31.3 Å². The van der Waals surface area contributed by atoms with Gasteiger partial charge in [0.25, 0.3) is 10.0 Å². The zero-order chi connectivity index (χ0) is 21.0. The number of hydrogen-bond donors (Lipinski definition) is 1. The standard InChI is InChI=1S/C20H15Cl3N2O3S/c21-15-9-4-5-12-18(15)25(29(27,28)14-7-2-1-3-8-14)13-19(26)24-20-16(22)10-6-11-17(20)23/h1-12H,13H2,(H,24,26). The Kier molecular flexibility index (Phi) is 6.70. The molecule has 1 amide bonds. The van der Waals surface area contributed by atoms with Crippen LogP contribution in [0.1, 0.15) is 0 Å². The first-order valence-corrected chi connectivity index (χ1v) is 10.9. The van der Waals surface area contributed by atoms with Crippen molar-refractivity contribution >= 4 is 62.1 Å². The first kappa shape index (κ1) is 21.5. The van der Waals surface area contributed by atoms with Crippen LogP contribution in [0.4, 0.5) is 11.4 Å². The fourth-order valence-electron chi connectivity index (χ4n) is 2.60. The van der Waals surface area contributed by atoms with E-state index >= 15 is 0 Å². The molecule has 0 aliphatic rings. The largest absolute Gasteiger partial charge is 0.322 e. The van der Waals surface area contributed by atoms with Gasteiger partial charge in [-0.1, -0.05) is 71.2 Å². The van der Waals surface area contributed by atoms with Gasteiger partial charge >= 0.3 is 0 Å². The fraction of sp³-hybridized carbons (Fsp3) is 0.0500. The van der Waals surface area contributed by atoms with Crippen molar-refractivity contribution in [2.24, 2.45) is 0 Å². The van der Waals surface area contributed by atoms with Crippen molar-refractivity contribution in [2.45, 2.75) is 4.90 Å². The van der Waals surface area contributed by atoms with Crippen LogP contribution < -0.4 is 9.62 Å². The summed E-state index contributed by atoms with van der Waals surface area (Å²) < 4.78 is 27.4.